The summed E-state index contributed by atoms with van der Waals surface area (Å²) in [6.07, 6.45) is 5.62. The molecule has 0 amide bonds. The molecule has 1 unspecified atom stereocenters. The summed E-state index contributed by atoms with van der Waals surface area (Å²) in [7, 11) is 3.82. The van der Waals surface area contributed by atoms with E-state index < -0.39 is 0 Å². The van der Waals surface area contributed by atoms with Gasteiger partial charge in [-0.2, -0.15) is 5.10 Å². The standard InChI is InChI=1S/C14H16N6/c1-15-14(11-8-17-19(2)10-11)13-9-16-18-20(13)12-6-4-3-5-7-12/h3-10,14-15H,1-2H3. The van der Waals surface area contributed by atoms with E-state index in [1.54, 1.807) is 10.9 Å². The van der Waals surface area contributed by atoms with Gasteiger partial charge in [0.05, 0.1) is 29.8 Å². The van der Waals surface area contributed by atoms with Crippen molar-refractivity contribution in [3.63, 3.8) is 0 Å². The van der Waals surface area contributed by atoms with Crippen molar-refractivity contribution in [1.82, 2.24) is 30.1 Å². The van der Waals surface area contributed by atoms with Gasteiger partial charge in [0.2, 0.25) is 0 Å². The molecule has 3 rings (SSSR count). The summed E-state index contributed by atoms with van der Waals surface area (Å²) in [5.41, 5.74) is 3.05. The summed E-state index contributed by atoms with van der Waals surface area (Å²) in [6, 6.07) is 9.97. The lowest BCUT2D eigenvalue weighted by Crippen LogP contribution is -2.20. The minimum atomic E-state index is -0.00101. The van der Waals surface area contributed by atoms with Crippen molar-refractivity contribution in [2.75, 3.05) is 7.05 Å². The molecule has 3 aromatic rings. The Kier molecular flexibility index (Phi) is 3.30. The van der Waals surface area contributed by atoms with Crippen molar-refractivity contribution in [3.05, 3.63) is 60.2 Å². The highest BCUT2D eigenvalue weighted by Crippen LogP contribution is 2.22. The SMILES string of the molecule is CNC(c1cnn(C)c1)c1cnnn1-c1ccccc1. The number of nitrogens with zero attached hydrogens (tertiary/aromatic N) is 5. The summed E-state index contributed by atoms with van der Waals surface area (Å²) < 4.78 is 3.63. The van der Waals surface area contributed by atoms with E-state index in [0.717, 1.165) is 16.9 Å². The number of benzene rings is 1. The van der Waals surface area contributed by atoms with Crippen LogP contribution in [0.15, 0.2) is 48.9 Å². The van der Waals surface area contributed by atoms with E-state index in [1.807, 2.05) is 61.5 Å². The number of hydrogen-bond donors (Lipinski definition) is 1. The molecule has 6 heteroatoms. The molecule has 0 saturated carbocycles. The fraction of sp³-hybridized carbons (Fsp3) is 0.214. The summed E-state index contributed by atoms with van der Waals surface area (Å²) in [4.78, 5) is 0. The molecule has 102 valence electrons. The van der Waals surface area contributed by atoms with Crippen molar-refractivity contribution in [1.29, 1.82) is 0 Å². The van der Waals surface area contributed by atoms with E-state index in [-0.39, 0.29) is 6.04 Å². The van der Waals surface area contributed by atoms with Crippen LogP contribution in [0.4, 0.5) is 0 Å². The first-order chi connectivity index (χ1) is 9.79. The topological polar surface area (TPSA) is 60.6 Å². The number of rotatable bonds is 4. The molecule has 0 bridgehead atoms. The zero-order chi connectivity index (χ0) is 13.9. The highest BCUT2D eigenvalue weighted by molar-refractivity contribution is 5.34. The van der Waals surface area contributed by atoms with Gasteiger partial charge in [-0.25, -0.2) is 4.68 Å². The van der Waals surface area contributed by atoms with Gasteiger partial charge in [0.1, 0.15) is 0 Å². The van der Waals surface area contributed by atoms with Gasteiger partial charge in [0.15, 0.2) is 0 Å². The lowest BCUT2D eigenvalue weighted by Gasteiger charge is -2.15. The van der Waals surface area contributed by atoms with E-state index in [4.69, 9.17) is 0 Å². The predicted molar refractivity (Wildman–Crippen MR) is 75.5 cm³/mol. The first-order valence-corrected chi connectivity index (χ1v) is 6.41. The third-order valence-corrected chi connectivity index (χ3v) is 3.22. The normalized spacial score (nSPS) is 12.5. The van der Waals surface area contributed by atoms with Gasteiger partial charge in [-0.3, -0.25) is 4.68 Å². The van der Waals surface area contributed by atoms with Gasteiger partial charge < -0.3 is 5.32 Å². The van der Waals surface area contributed by atoms with Crippen LogP contribution in [0.5, 0.6) is 0 Å². The lowest BCUT2D eigenvalue weighted by atomic mass is 10.1. The Morgan fingerprint density at radius 3 is 2.60 bits per heavy atom. The molecular formula is C14H16N6. The largest absolute Gasteiger partial charge is 0.308 e. The number of aryl methyl sites for hydroxylation is 1. The average Bonchev–Trinajstić information content (AvgIpc) is 3.11. The molecule has 2 heterocycles. The molecule has 1 aromatic carbocycles. The van der Waals surface area contributed by atoms with E-state index in [2.05, 4.69) is 20.7 Å². The second-order valence-electron chi connectivity index (χ2n) is 4.58. The maximum absolute atomic E-state index is 4.22. The lowest BCUT2D eigenvalue weighted by molar-refractivity contribution is 0.633. The molecule has 0 saturated heterocycles. The highest BCUT2D eigenvalue weighted by atomic mass is 15.4. The van der Waals surface area contributed by atoms with Crippen LogP contribution in [-0.4, -0.2) is 31.8 Å². The Hall–Kier alpha value is -2.47. The third-order valence-electron chi connectivity index (χ3n) is 3.22. The van der Waals surface area contributed by atoms with E-state index in [0.29, 0.717) is 0 Å². The molecule has 6 nitrogen and oxygen atoms in total. The fourth-order valence-electron chi connectivity index (χ4n) is 2.28. The van der Waals surface area contributed by atoms with Crippen LogP contribution in [0.3, 0.4) is 0 Å². The van der Waals surface area contributed by atoms with Crippen molar-refractivity contribution in [2.24, 2.45) is 7.05 Å². The van der Waals surface area contributed by atoms with Crippen molar-refractivity contribution in [2.45, 2.75) is 6.04 Å². The minimum Gasteiger partial charge on any atom is -0.308 e. The average molecular weight is 268 g/mol. The highest BCUT2D eigenvalue weighted by Gasteiger charge is 2.19. The molecule has 0 aliphatic heterocycles. The molecule has 0 spiro atoms. The molecule has 0 radical (unpaired) electrons. The Labute approximate surface area is 117 Å². The van der Waals surface area contributed by atoms with E-state index >= 15 is 0 Å². The molecular weight excluding hydrogens is 252 g/mol. The fourth-order valence-corrected chi connectivity index (χ4v) is 2.28. The van der Waals surface area contributed by atoms with E-state index in [9.17, 15) is 0 Å². The molecule has 1 atom stereocenters. The summed E-state index contributed by atoms with van der Waals surface area (Å²) in [5.74, 6) is 0. The zero-order valence-electron chi connectivity index (χ0n) is 11.4. The van der Waals surface area contributed by atoms with Gasteiger partial charge in [0, 0.05) is 18.8 Å². The Balaban J connectivity index is 2.04. The second kappa shape index (κ2) is 5.26. The molecule has 0 aliphatic carbocycles. The van der Waals surface area contributed by atoms with Gasteiger partial charge in [-0.1, -0.05) is 23.4 Å². The first kappa shape index (κ1) is 12.6. The van der Waals surface area contributed by atoms with Gasteiger partial charge >= 0.3 is 0 Å². The number of nitrogens with one attached hydrogen (secondary N) is 1. The van der Waals surface area contributed by atoms with Crippen LogP contribution in [0.25, 0.3) is 5.69 Å². The molecule has 0 fully saturated rings. The summed E-state index contributed by atoms with van der Waals surface area (Å²) >= 11 is 0. The van der Waals surface area contributed by atoms with E-state index in [1.165, 1.54) is 0 Å². The van der Waals surface area contributed by atoms with Crippen LogP contribution < -0.4 is 5.32 Å². The van der Waals surface area contributed by atoms with Gasteiger partial charge in [-0.05, 0) is 19.2 Å². The number of para-hydroxylation sites is 1. The van der Waals surface area contributed by atoms with Crippen LogP contribution >= 0.6 is 0 Å². The van der Waals surface area contributed by atoms with Crippen molar-refractivity contribution in [3.8, 4) is 5.69 Å². The first-order valence-electron chi connectivity index (χ1n) is 6.41. The summed E-state index contributed by atoms with van der Waals surface area (Å²) in [5, 5.41) is 15.7. The van der Waals surface area contributed by atoms with Gasteiger partial charge in [0.25, 0.3) is 0 Å². The third kappa shape index (κ3) is 2.21. The monoisotopic (exact) mass is 268 g/mol. The molecule has 20 heavy (non-hydrogen) atoms. The quantitative estimate of drug-likeness (QED) is 0.775. The number of hydrogen-bond acceptors (Lipinski definition) is 4. The van der Waals surface area contributed by atoms with Gasteiger partial charge in [-0.15, -0.1) is 5.10 Å². The smallest absolute Gasteiger partial charge is 0.0861 e. The Morgan fingerprint density at radius 1 is 1.15 bits per heavy atom. The van der Waals surface area contributed by atoms with Crippen LogP contribution in [0, 0.1) is 0 Å². The molecule has 1 N–H and O–H groups in total. The summed E-state index contributed by atoms with van der Waals surface area (Å²) in [6.45, 7) is 0. The van der Waals surface area contributed by atoms with Crippen molar-refractivity contribution < 1.29 is 0 Å². The maximum Gasteiger partial charge on any atom is 0.0861 e. The zero-order valence-corrected chi connectivity index (χ0v) is 11.4. The second-order valence-corrected chi connectivity index (χ2v) is 4.58. The van der Waals surface area contributed by atoms with Crippen LogP contribution in [0.2, 0.25) is 0 Å². The Morgan fingerprint density at radius 2 is 1.95 bits per heavy atom. The maximum atomic E-state index is 4.22. The van der Waals surface area contributed by atoms with Crippen LogP contribution in [-0.2, 0) is 7.05 Å². The predicted octanol–water partition coefficient (Wildman–Crippen LogP) is 1.31. The van der Waals surface area contributed by atoms with Crippen LogP contribution in [0.1, 0.15) is 17.3 Å². The van der Waals surface area contributed by atoms with Crippen molar-refractivity contribution >= 4 is 0 Å². The Bertz CT molecular complexity index is 685. The number of aromatic nitrogens is 5. The minimum absolute atomic E-state index is 0.00101. The molecule has 0 aliphatic rings. The molecule has 2 aromatic heterocycles.